The van der Waals surface area contributed by atoms with Crippen molar-refractivity contribution in [3.63, 3.8) is 0 Å². The lowest BCUT2D eigenvalue weighted by Crippen LogP contribution is -2.44. The van der Waals surface area contributed by atoms with E-state index in [1.165, 1.54) is 0 Å². The predicted molar refractivity (Wildman–Crippen MR) is 137 cm³/mol. The number of hydrogen-bond donors (Lipinski definition) is 1. The molecule has 0 spiro atoms. The summed E-state index contributed by atoms with van der Waals surface area (Å²) >= 11 is 3.44. The molecule has 0 aromatic heterocycles. The molecule has 6 heteroatoms. The number of nitrogens with zero attached hydrogens (tertiary/aromatic N) is 1. The van der Waals surface area contributed by atoms with Crippen molar-refractivity contribution >= 4 is 27.8 Å². The van der Waals surface area contributed by atoms with Crippen molar-refractivity contribution in [1.29, 1.82) is 0 Å². The third-order valence-corrected chi connectivity index (χ3v) is 6.68. The van der Waals surface area contributed by atoms with Gasteiger partial charge >= 0.3 is 5.97 Å². The molecule has 2 atom stereocenters. The predicted octanol–water partition coefficient (Wildman–Crippen LogP) is 6.81. The molecule has 0 saturated heterocycles. The number of aliphatic carboxylic acids is 1. The quantitative estimate of drug-likeness (QED) is 0.299. The summed E-state index contributed by atoms with van der Waals surface area (Å²) in [6, 6.07) is 30.8. The fraction of sp³-hybridized carbons (Fsp3) is 0.103. The maximum atomic E-state index is 13.7. The van der Waals surface area contributed by atoms with Crippen molar-refractivity contribution in [2.45, 2.75) is 18.5 Å². The van der Waals surface area contributed by atoms with E-state index in [1.54, 1.807) is 29.2 Å². The fourth-order valence-electron chi connectivity index (χ4n) is 4.59. The SMILES string of the molecule is O=C(O)C1c2ccccc2C(=O)N(Cc2cccc(Oc3ccccc3)c2)C1c1ccc(Br)cc1. The van der Waals surface area contributed by atoms with Gasteiger partial charge in [-0.2, -0.15) is 0 Å². The highest BCUT2D eigenvalue weighted by Gasteiger charge is 2.44. The molecule has 5 rings (SSSR count). The summed E-state index contributed by atoms with van der Waals surface area (Å²) in [5.41, 5.74) is 2.57. The van der Waals surface area contributed by atoms with Crippen LogP contribution in [0.4, 0.5) is 0 Å². The molecule has 1 amide bonds. The van der Waals surface area contributed by atoms with Gasteiger partial charge in [-0.1, -0.05) is 76.6 Å². The van der Waals surface area contributed by atoms with E-state index in [4.69, 9.17) is 4.74 Å². The van der Waals surface area contributed by atoms with Crippen molar-refractivity contribution < 1.29 is 19.4 Å². The zero-order chi connectivity index (χ0) is 24.4. The molecule has 0 aliphatic carbocycles. The summed E-state index contributed by atoms with van der Waals surface area (Å²) in [5.74, 6) is -0.696. The third kappa shape index (κ3) is 4.70. The van der Waals surface area contributed by atoms with Crippen LogP contribution in [0.3, 0.4) is 0 Å². The van der Waals surface area contributed by atoms with Crippen LogP contribution in [0.25, 0.3) is 0 Å². The largest absolute Gasteiger partial charge is 0.481 e. The lowest BCUT2D eigenvalue weighted by molar-refractivity contribution is -0.140. The highest BCUT2D eigenvalue weighted by atomic mass is 79.9. The number of carbonyl (C=O) groups is 2. The Bertz CT molecular complexity index is 1370. The molecule has 0 fully saturated rings. The molecule has 4 aromatic rings. The summed E-state index contributed by atoms with van der Waals surface area (Å²) in [6.45, 7) is 0.240. The fourth-order valence-corrected chi connectivity index (χ4v) is 4.86. The first-order valence-electron chi connectivity index (χ1n) is 11.2. The maximum Gasteiger partial charge on any atom is 0.313 e. The first kappa shape index (κ1) is 22.9. The van der Waals surface area contributed by atoms with E-state index >= 15 is 0 Å². The standard InChI is InChI=1S/C29H22BrNO4/c30-21-15-13-20(14-16-21)27-26(29(33)34)24-11-4-5-12-25(24)28(32)31(27)18-19-7-6-10-23(17-19)35-22-8-2-1-3-9-22/h1-17,26-27H,18H2,(H,33,34). The maximum absolute atomic E-state index is 13.7. The summed E-state index contributed by atoms with van der Waals surface area (Å²) < 4.78 is 6.85. The van der Waals surface area contributed by atoms with E-state index in [9.17, 15) is 14.7 Å². The van der Waals surface area contributed by atoms with Crippen LogP contribution in [0, 0.1) is 0 Å². The van der Waals surface area contributed by atoms with E-state index in [-0.39, 0.29) is 12.5 Å². The van der Waals surface area contributed by atoms with Crippen LogP contribution in [-0.2, 0) is 11.3 Å². The van der Waals surface area contributed by atoms with Gasteiger partial charge in [0.15, 0.2) is 0 Å². The molecular weight excluding hydrogens is 506 g/mol. The van der Waals surface area contributed by atoms with Gasteiger partial charge in [-0.15, -0.1) is 0 Å². The molecule has 2 unspecified atom stereocenters. The zero-order valence-electron chi connectivity index (χ0n) is 18.7. The van der Waals surface area contributed by atoms with Crippen LogP contribution in [0.2, 0.25) is 0 Å². The normalized spacial score (nSPS) is 17.1. The van der Waals surface area contributed by atoms with Crippen molar-refractivity contribution in [3.8, 4) is 11.5 Å². The van der Waals surface area contributed by atoms with Crippen LogP contribution in [0.5, 0.6) is 11.5 Å². The molecule has 1 heterocycles. The second kappa shape index (κ2) is 9.76. The highest BCUT2D eigenvalue weighted by Crippen LogP contribution is 2.44. The van der Waals surface area contributed by atoms with E-state index < -0.39 is 17.9 Å². The number of carboxylic acid groups (broad SMARTS) is 1. The van der Waals surface area contributed by atoms with Crippen molar-refractivity contribution in [1.82, 2.24) is 4.90 Å². The van der Waals surface area contributed by atoms with Crippen molar-refractivity contribution in [2.24, 2.45) is 0 Å². The van der Waals surface area contributed by atoms with E-state index in [2.05, 4.69) is 15.9 Å². The number of amides is 1. The van der Waals surface area contributed by atoms with Crippen LogP contribution in [0.15, 0.2) is 108 Å². The first-order valence-corrected chi connectivity index (χ1v) is 12.0. The lowest BCUT2D eigenvalue weighted by Gasteiger charge is -2.41. The average molecular weight is 528 g/mol. The molecule has 0 saturated carbocycles. The molecule has 35 heavy (non-hydrogen) atoms. The Balaban J connectivity index is 1.55. The topological polar surface area (TPSA) is 66.8 Å². The van der Waals surface area contributed by atoms with Crippen LogP contribution in [0.1, 0.15) is 39.0 Å². The van der Waals surface area contributed by atoms with Gasteiger partial charge in [0, 0.05) is 16.6 Å². The Morgan fingerprint density at radius 2 is 1.54 bits per heavy atom. The van der Waals surface area contributed by atoms with Crippen LogP contribution >= 0.6 is 15.9 Å². The number of hydrogen-bond acceptors (Lipinski definition) is 3. The van der Waals surface area contributed by atoms with Crippen LogP contribution < -0.4 is 4.74 Å². The minimum Gasteiger partial charge on any atom is -0.481 e. The van der Waals surface area contributed by atoms with Crippen LogP contribution in [-0.4, -0.2) is 21.9 Å². The lowest BCUT2D eigenvalue weighted by atomic mass is 9.79. The number of benzene rings is 4. The average Bonchev–Trinajstić information content (AvgIpc) is 2.87. The Morgan fingerprint density at radius 1 is 0.857 bits per heavy atom. The highest BCUT2D eigenvalue weighted by molar-refractivity contribution is 9.10. The minimum atomic E-state index is -0.968. The zero-order valence-corrected chi connectivity index (χ0v) is 20.3. The Labute approximate surface area is 211 Å². The van der Waals surface area contributed by atoms with Gasteiger partial charge in [-0.05, 0) is 59.2 Å². The van der Waals surface area contributed by atoms with Gasteiger partial charge in [0.2, 0.25) is 0 Å². The number of fused-ring (bicyclic) bond motifs is 1. The monoisotopic (exact) mass is 527 g/mol. The van der Waals surface area contributed by atoms with Gasteiger partial charge in [0.25, 0.3) is 5.91 Å². The van der Waals surface area contributed by atoms with Gasteiger partial charge in [0.1, 0.15) is 17.4 Å². The van der Waals surface area contributed by atoms with Gasteiger partial charge in [0.05, 0.1) is 6.04 Å². The second-order valence-electron chi connectivity index (χ2n) is 8.40. The first-order chi connectivity index (χ1) is 17.0. The second-order valence-corrected chi connectivity index (χ2v) is 9.31. The Kier molecular flexibility index (Phi) is 6.38. The smallest absolute Gasteiger partial charge is 0.313 e. The molecule has 0 bridgehead atoms. The molecule has 1 aliphatic rings. The summed E-state index contributed by atoms with van der Waals surface area (Å²) in [4.78, 5) is 27.9. The van der Waals surface area contributed by atoms with Gasteiger partial charge in [-0.25, -0.2) is 0 Å². The third-order valence-electron chi connectivity index (χ3n) is 6.15. The molecule has 174 valence electrons. The molecule has 5 nitrogen and oxygen atoms in total. The van der Waals surface area contributed by atoms with Gasteiger partial charge < -0.3 is 14.7 Å². The number of halogens is 1. The number of carboxylic acids is 1. The van der Waals surface area contributed by atoms with E-state index in [1.807, 2.05) is 78.9 Å². The Morgan fingerprint density at radius 3 is 2.29 bits per heavy atom. The summed E-state index contributed by atoms with van der Waals surface area (Å²) in [7, 11) is 0. The van der Waals surface area contributed by atoms with Crippen molar-refractivity contribution in [2.75, 3.05) is 0 Å². The molecular formula is C29H22BrNO4. The number of rotatable bonds is 6. The number of carbonyl (C=O) groups excluding carboxylic acids is 1. The van der Waals surface area contributed by atoms with E-state index in [0.29, 0.717) is 22.6 Å². The number of ether oxygens (including phenoxy) is 1. The molecule has 1 N–H and O–H groups in total. The molecule has 4 aromatic carbocycles. The molecule has 0 radical (unpaired) electrons. The Hall–Kier alpha value is -3.90. The molecule has 1 aliphatic heterocycles. The number of para-hydroxylation sites is 1. The van der Waals surface area contributed by atoms with Gasteiger partial charge in [-0.3, -0.25) is 9.59 Å². The minimum absolute atomic E-state index is 0.194. The van der Waals surface area contributed by atoms with E-state index in [0.717, 1.165) is 15.6 Å². The summed E-state index contributed by atoms with van der Waals surface area (Å²) in [5, 5.41) is 10.3. The van der Waals surface area contributed by atoms with Crippen molar-refractivity contribution in [3.05, 3.63) is 130 Å². The summed E-state index contributed by atoms with van der Waals surface area (Å²) in [6.07, 6.45) is 0.